The van der Waals surface area contributed by atoms with Crippen molar-refractivity contribution in [1.82, 2.24) is 10.2 Å². The maximum absolute atomic E-state index is 5.70. The van der Waals surface area contributed by atoms with Crippen LogP contribution in [0.1, 0.15) is 20.8 Å². The second kappa shape index (κ2) is 3.47. The summed E-state index contributed by atoms with van der Waals surface area (Å²) in [7, 11) is 0. The number of hydrogen-bond donors (Lipinski definition) is 1. The summed E-state index contributed by atoms with van der Waals surface area (Å²) in [5, 5.41) is 3.35. The fourth-order valence-corrected chi connectivity index (χ4v) is 2.45. The molecule has 2 heterocycles. The van der Waals surface area contributed by atoms with Gasteiger partial charge in [0.15, 0.2) is 0 Å². The van der Waals surface area contributed by atoms with Crippen LogP contribution in [-0.4, -0.2) is 49.8 Å². The minimum atomic E-state index is 0.0474. The van der Waals surface area contributed by atoms with Gasteiger partial charge in [0.25, 0.3) is 0 Å². The molecule has 0 atom stereocenters. The van der Waals surface area contributed by atoms with E-state index in [0.717, 1.165) is 19.7 Å². The SMILES string of the molecule is CC1(CN2CCOC(C)(C)C2)CNC1. The predicted octanol–water partition coefficient (Wildman–Crippen LogP) is 0.707. The van der Waals surface area contributed by atoms with E-state index >= 15 is 0 Å². The summed E-state index contributed by atoms with van der Waals surface area (Å²) < 4.78 is 5.70. The Morgan fingerprint density at radius 3 is 2.50 bits per heavy atom. The van der Waals surface area contributed by atoms with E-state index in [4.69, 9.17) is 4.74 Å². The van der Waals surface area contributed by atoms with E-state index in [1.54, 1.807) is 0 Å². The quantitative estimate of drug-likeness (QED) is 0.707. The van der Waals surface area contributed by atoms with Crippen LogP contribution in [0.2, 0.25) is 0 Å². The highest BCUT2D eigenvalue weighted by Crippen LogP contribution is 2.25. The maximum atomic E-state index is 5.70. The number of nitrogens with zero attached hydrogens (tertiary/aromatic N) is 1. The summed E-state index contributed by atoms with van der Waals surface area (Å²) in [5.41, 5.74) is 0.555. The topological polar surface area (TPSA) is 24.5 Å². The van der Waals surface area contributed by atoms with E-state index in [1.165, 1.54) is 19.6 Å². The summed E-state index contributed by atoms with van der Waals surface area (Å²) in [4.78, 5) is 2.55. The third-order valence-electron chi connectivity index (χ3n) is 3.21. The Bertz CT molecular complexity index is 211. The molecule has 0 aliphatic carbocycles. The van der Waals surface area contributed by atoms with Crippen molar-refractivity contribution in [2.45, 2.75) is 26.4 Å². The van der Waals surface area contributed by atoms with Crippen LogP contribution in [0.4, 0.5) is 0 Å². The Morgan fingerprint density at radius 1 is 1.29 bits per heavy atom. The van der Waals surface area contributed by atoms with Crippen LogP contribution in [0.25, 0.3) is 0 Å². The molecular weight excluding hydrogens is 176 g/mol. The van der Waals surface area contributed by atoms with Gasteiger partial charge in [0.05, 0.1) is 12.2 Å². The van der Waals surface area contributed by atoms with E-state index in [9.17, 15) is 0 Å². The molecule has 3 heteroatoms. The van der Waals surface area contributed by atoms with Gasteiger partial charge in [0.2, 0.25) is 0 Å². The fourth-order valence-electron chi connectivity index (χ4n) is 2.45. The molecule has 0 aromatic carbocycles. The summed E-state index contributed by atoms with van der Waals surface area (Å²) in [6.07, 6.45) is 0. The molecule has 0 aromatic heterocycles. The summed E-state index contributed by atoms with van der Waals surface area (Å²) in [6, 6.07) is 0. The summed E-state index contributed by atoms with van der Waals surface area (Å²) >= 11 is 0. The molecule has 0 amide bonds. The monoisotopic (exact) mass is 198 g/mol. The highest BCUT2D eigenvalue weighted by molar-refractivity contribution is 4.92. The first-order valence-corrected chi connectivity index (χ1v) is 5.56. The van der Waals surface area contributed by atoms with Crippen LogP contribution in [0.5, 0.6) is 0 Å². The molecule has 3 nitrogen and oxygen atoms in total. The molecule has 0 aromatic rings. The smallest absolute Gasteiger partial charge is 0.0753 e. The van der Waals surface area contributed by atoms with Gasteiger partial charge in [-0.3, -0.25) is 4.90 Å². The molecule has 2 fully saturated rings. The third-order valence-corrected chi connectivity index (χ3v) is 3.21. The van der Waals surface area contributed by atoms with Gasteiger partial charge in [-0.05, 0) is 13.8 Å². The van der Waals surface area contributed by atoms with Crippen molar-refractivity contribution in [2.75, 3.05) is 39.3 Å². The van der Waals surface area contributed by atoms with E-state index in [-0.39, 0.29) is 5.60 Å². The van der Waals surface area contributed by atoms with Crippen molar-refractivity contribution in [3.63, 3.8) is 0 Å². The van der Waals surface area contributed by atoms with Crippen molar-refractivity contribution < 1.29 is 4.74 Å². The van der Waals surface area contributed by atoms with E-state index in [1.807, 2.05) is 0 Å². The van der Waals surface area contributed by atoms with Crippen molar-refractivity contribution in [1.29, 1.82) is 0 Å². The summed E-state index contributed by atoms with van der Waals surface area (Å²) in [5.74, 6) is 0. The lowest BCUT2D eigenvalue weighted by atomic mass is 9.83. The van der Waals surface area contributed by atoms with Crippen molar-refractivity contribution >= 4 is 0 Å². The number of morpholine rings is 1. The largest absolute Gasteiger partial charge is 0.373 e. The van der Waals surface area contributed by atoms with Crippen molar-refractivity contribution in [3.05, 3.63) is 0 Å². The van der Waals surface area contributed by atoms with Crippen LogP contribution >= 0.6 is 0 Å². The molecule has 2 aliphatic heterocycles. The molecule has 14 heavy (non-hydrogen) atoms. The molecule has 2 rings (SSSR count). The lowest BCUT2D eigenvalue weighted by Gasteiger charge is -2.46. The Kier molecular flexibility index (Phi) is 2.58. The average molecular weight is 198 g/mol. The van der Waals surface area contributed by atoms with E-state index in [0.29, 0.717) is 5.41 Å². The molecule has 1 N–H and O–H groups in total. The zero-order chi connectivity index (χ0) is 10.2. The number of ether oxygens (including phenoxy) is 1. The van der Waals surface area contributed by atoms with E-state index < -0.39 is 0 Å². The minimum absolute atomic E-state index is 0.0474. The predicted molar refractivity (Wildman–Crippen MR) is 57.4 cm³/mol. The normalized spacial score (nSPS) is 31.1. The van der Waals surface area contributed by atoms with Gasteiger partial charge < -0.3 is 10.1 Å². The molecule has 82 valence electrons. The Labute approximate surface area is 86.8 Å². The van der Waals surface area contributed by atoms with Gasteiger partial charge in [-0.25, -0.2) is 0 Å². The first-order valence-electron chi connectivity index (χ1n) is 5.56. The second-order valence-corrected chi connectivity index (χ2v) is 5.73. The van der Waals surface area contributed by atoms with Crippen LogP contribution in [0, 0.1) is 5.41 Å². The first kappa shape index (κ1) is 10.4. The van der Waals surface area contributed by atoms with Crippen LogP contribution in [-0.2, 0) is 4.74 Å². The van der Waals surface area contributed by atoms with Crippen molar-refractivity contribution in [3.8, 4) is 0 Å². The zero-order valence-electron chi connectivity index (χ0n) is 9.60. The van der Waals surface area contributed by atoms with Gasteiger partial charge in [0.1, 0.15) is 0 Å². The Hall–Kier alpha value is -0.120. The standard InChI is InChI=1S/C11H22N2O/c1-10(2)8-13(4-5-14-10)9-11(3)6-12-7-11/h12H,4-9H2,1-3H3. The highest BCUT2D eigenvalue weighted by Gasteiger charge is 2.36. The van der Waals surface area contributed by atoms with Gasteiger partial charge in [-0.2, -0.15) is 0 Å². The number of nitrogens with one attached hydrogen (secondary N) is 1. The number of hydrogen-bond acceptors (Lipinski definition) is 3. The molecule has 2 saturated heterocycles. The molecule has 0 unspecified atom stereocenters. The molecule has 0 radical (unpaired) electrons. The number of rotatable bonds is 2. The van der Waals surface area contributed by atoms with Gasteiger partial charge in [0, 0.05) is 38.1 Å². The molecule has 0 saturated carbocycles. The van der Waals surface area contributed by atoms with Crippen molar-refractivity contribution in [2.24, 2.45) is 5.41 Å². The molecular formula is C11H22N2O. The fraction of sp³-hybridized carbons (Fsp3) is 1.00. The van der Waals surface area contributed by atoms with Gasteiger partial charge in [-0.15, -0.1) is 0 Å². The van der Waals surface area contributed by atoms with E-state index in [2.05, 4.69) is 31.0 Å². The van der Waals surface area contributed by atoms with Crippen LogP contribution in [0.15, 0.2) is 0 Å². The molecule has 0 bridgehead atoms. The average Bonchev–Trinajstić information content (AvgIpc) is 1.99. The maximum Gasteiger partial charge on any atom is 0.0753 e. The highest BCUT2D eigenvalue weighted by atomic mass is 16.5. The lowest BCUT2D eigenvalue weighted by Crippen LogP contribution is -2.60. The summed E-state index contributed by atoms with van der Waals surface area (Å²) in [6.45, 7) is 13.3. The lowest BCUT2D eigenvalue weighted by molar-refractivity contribution is -0.0962. The third kappa shape index (κ3) is 2.27. The first-order chi connectivity index (χ1) is 6.49. The zero-order valence-corrected chi connectivity index (χ0v) is 9.60. The second-order valence-electron chi connectivity index (χ2n) is 5.73. The van der Waals surface area contributed by atoms with Gasteiger partial charge in [-0.1, -0.05) is 6.92 Å². The molecule has 0 spiro atoms. The van der Waals surface area contributed by atoms with Crippen LogP contribution in [0.3, 0.4) is 0 Å². The van der Waals surface area contributed by atoms with Crippen LogP contribution < -0.4 is 5.32 Å². The van der Waals surface area contributed by atoms with Gasteiger partial charge >= 0.3 is 0 Å². The minimum Gasteiger partial charge on any atom is -0.373 e. The Morgan fingerprint density at radius 2 is 2.00 bits per heavy atom. The Balaban J connectivity index is 1.86. The molecule has 2 aliphatic rings.